The zero-order valence-electron chi connectivity index (χ0n) is 20.3. The van der Waals surface area contributed by atoms with Gasteiger partial charge in [-0.1, -0.05) is 75.0 Å². The maximum atomic E-state index is 10.5. The molecule has 176 valence electrons. The predicted octanol–water partition coefficient (Wildman–Crippen LogP) is 5.10. The Bertz CT molecular complexity index is 612. The number of aliphatic hydroxyl groups is 1. The fraction of sp³-hybridized carbons (Fsp3) is 0.769. The summed E-state index contributed by atoms with van der Waals surface area (Å²) in [4.78, 5) is 15.1. The molecule has 1 saturated heterocycles. The van der Waals surface area contributed by atoms with Crippen molar-refractivity contribution in [2.45, 2.75) is 72.4 Å². The molecule has 0 radical (unpaired) electrons. The Hall–Kier alpha value is -1.30. The topological polar surface area (TPSA) is 56.1 Å². The highest BCUT2D eigenvalue weighted by Gasteiger charge is 2.38. The third kappa shape index (κ3) is 8.28. The van der Waals surface area contributed by atoms with Crippen molar-refractivity contribution in [3.8, 4) is 0 Å². The molecule has 2 saturated carbocycles. The summed E-state index contributed by atoms with van der Waals surface area (Å²) in [7, 11) is 0. The molecular formula is C26H45N3O2. The van der Waals surface area contributed by atoms with Crippen molar-refractivity contribution < 1.29 is 5.11 Å². The van der Waals surface area contributed by atoms with Crippen LogP contribution in [0.5, 0.6) is 0 Å². The lowest BCUT2D eigenvalue weighted by atomic mass is 9.59. The number of nitroso groups, excluding NO2 is 1. The van der Waals surface area contributed by atoms with E-state index in [-0.39, 0.29) is 6.61 Å². The van der Waals surface area contributed by atoms with Crippen LogP contribution in [-0.2, 0) is 6.54 Å². The second-order valence-electron chi connectivity index (χ2n) is 9.43. The fourth-order valence-corrected chi connectivity index (χ4v) is 5.24. The maximum absolute atomic E-state index is 10.5. The lowest BCUT2D eigenvalue weighted by Crippen LogP contribution is -2.48. The zero-order chi connectivity index (χ0) is 22.6. The molecule has 5 heteroatoms. The molecule has 1 aromatic rings. The summed E-state index contributed by atoms with van der Waals surface area (Å²) in [6.07, 6.45) is 7.69. The molecule has 1 heterocycles. The summed E-state index contributed by atoms with van der Waals surface area (Å²) in [6, 6.07) is 8.17. The SMILES string of the molecule is CC.CC1CC2CCCCC12.Cc1ccc(CN2CCN(CC(CO)N=O)CC2)cc1. The van der Waals surface area contributed by atoms with Crippen LogP contribution in [0.15, 0.2) is 29.4 Å². The number of benzene rings is 1. The third-order valence-corrected chi connectivity index (χ3v) is 7.19. The average molecular weight is 432 g/mol. The van der Waals surface area contributed by atoms with Gasteiger partial charge in [0.05, 0.1) is 6.61 Å². The van der Waals surface area contributed by atoms with Crippen molar-refractivity contribution >= 4 is 0 Å². The molecule has 5 nitrogen and oxygen atoms in total. The van der Waals surface area contributed by atoms with Gasteiger partial charge in [-0.2, -0.15) is 4.91 Å². The van der Waals surface area contributed by atoms with Gasteiger partial charge in [-0.05, 0) is 43.1 Å². The molecule has 0 aromatic heterocycles. The van der Waals surface area contributed by atoms with Crippen molar-refractivity contribution in [1.82, 2.24) is 9.80 Å². The molecule has 2 aliphatic carbocycles. The highest BCUT2D eigenvalue weighted by molar-refractivity contribution is 5.21. The standard InChI is InChI=1S/C15H23N3O2.C9H16.C2H6/c1-13-2-4-14(5-3-13)10-17-6-8-18(9-7-17)11-15(12-19)16-20;1-7-6-8-4-2-3-5-9(7)8;1-2/h2-5,15,19H,6-12H2,1H3;7-9H,2-6H2,1H3;1-2H3. The number of aliphatic hydroxyl groups excluding tert-OH is 1. The molecule has 1 N–H and O–H groups in total. The Morgan fingerprint density at radius 1 is 1.03 bits per heavy atom. The first-order valence-corrected chi connectivity index (χ1v) is 12.5. The summed E-state index contributed by atoms with van der Waals surface area (Å²) in [5, 5.41) is 11.9. The van der Waals surface area contributed by atoms with Crippen molar-refractivity contribution in [2.24, 2.45) is 22.9 Å². The van der Waals surface area contributed by atoms with Crippen LogP contribution in [0.25, 0.3) is 0 Å². The van der Waals surface area contributed by atoms with Gasteiger partial charge in [-0.15, -0.1) is 0 Å². The number of aryl methyl sites for hydroxylation is 1. The van der Waals surface area contributed by atoms with Crippen LogP contribution in [0.1, 0.15) is 64.0 Å². The smallest absolute Gasteiger partial charge is 0.127 e. The van der Waals surface area contributed by atoms with Gasteiger partial charge >= 0.3 is 0 Å². The van der Waals surface area contributed by atoms with Gasteiger partial charge in [0.25, 0.3) is 0 Å². The normalized spacial score (nSPS) is 26.8. The minimum Gasteiger partial charge on any atom is -0.394 e. The Balaban J connectivity index is 0.000000256. The first kappa shape index (κ1) is 26.0. The Kier molecular flexibility index (Phi) is 11.7. The minimum atomic E-state index is -0.487. The molecule has 1 aliphatic heterocycles. The van der Waals surface area contributed by atoms with E-state index in [9.17, 15) is 4.91 Å². The van der Waals surface area contributed by atoms with E-state index < -0.39 is 6.04 Å². The first-order chi connectivity index (χ1) is 15.1. The van der Waals surface area contributed by atoms with Gasteiger partial charge < -0.3 is 5.11 Å². The third-order valence-electron chi connectivity index (χ3n) is 7.19. The summed E-state index contributed by atoms with van der Waals surface area (Å²) in [6.45, 7) is 13.7. The predicted molar refractivity (Wildman–Crippen MR) is 130 cm³/mol. The van der Waals surface area contributed by atoms with E-state index in [0.717, 1.165) is 50.5 Å². The molecule has 4 unspecified atom stereocenters. The van der Waals surface area contributed by atoms with E-state index in [1.54, 1.807) is 19.3 Å². The second kappa shape index (κ2) is 14.0. The second-order valence-corrected chi connectivity index (χ2v) is 9.43. The monoisotopic (exact) mass is 431 g/mol. The van der Waals surface area contributed by atoms with Crippen LogP contribution in [0.3, 0.4) is 0 Å². The van der Waals surface area contributed by atoms with E-state index in [4.69, 9.17) is 5.11 Å². The van der Waals surface area contributed by atoms with Gasteiger partial charge in [-0.3, -0.25) is 9.80 Å². The van der Waals surface area contributed by atoms with E-state index in [2.05, 4.69) is 53.1 Å². The van der Waals surface area contributed by atoms with Gasteiger partial charge in [0, 0.05) is 39.3 Å². The van der Waals surface area contributed by atoms with Crippen LogP contribution >= 0.6 is 0 Å². The Morgan fingerprint density at radius 3 is 2.16 bits per heavy atom. The summed E-state index contributed by atoms with van der Waals surface area (Å²) < 4.78 is 0. The summed E-state index contributed by atoms with van der Waals surface area (Å²) in [5.74, 6) is 3.39. The van der Waals surface area contributed by atoms with Crippen LogP contribution in [0.2, 0.25) is 0 Å². The van der Waals surface area contributed by atoms with Crippen LogP contribution < -0.4 is 0 Å². The van der Waals surface area contributed by atoms with Crippen molar-refractivity contribution in [3.05, 3.63) is 40.3 Å². The van der Waals surface area contributed by atoms with Crippen LogP contribution in [0, 0.1) is 29.6 Å². The van der Waals surface area contributed by atoms with Crippen molar-refractivity contribution in [3.63, 3.8) is 0 Å². The summed E-state index contributed by atoms with van der Waals surface area (Å²) in [5.41, 5.74) is 2.63. The fourth-order valence-electron chi connectivity index (χ4n) is 5.24. The van der Waals surface area contributed by atoms with E-state index >= 15 is 0 Å². The minimum absolute atomic E-state index is 0.160. The van der Waals surface area contributed by atoms with Gasteiger partial charge in [-0.25, -0.2) is 0 Å². The van der Waals surface area contributed by atoms with Crippen molar-refractivity contribution in [1.29, 1.82) is 0 Å². The molecule has 4 atom stereocenters. The van der Waals surface area contributed by atoms with E-state index in [1.165, 1.54) is 24.0 Å². The largest absolute Gasteiger partial charge is 0.394 e. The molecule has 3 aliphatic rings. The highest BCUT2D eigenvalue weighted by Crippen LogP contribution is 2.48. The molecule has 31 heavy (non-hydrogen) atoms. The Morgan fingerprint density at radius 2 is 1.65 bits per heavy atom. The lowest BCUT2D eigenvalue weighted by molar-refractivity contribution is 0.0421. The van der Waals surface area contributed by atoms with Gasteiger partial charge in [0.2, 0.25) is 0 Å². The van der Waals surface area contributed by atoms with Crippen LogP contribution in [-0.4, -0.2) is 60.3 Å². The molecular weight excluding hydrogens is 386 g/mol. The first-order valence-electron chi connectivity index (χ1n) is 12.5. The quantitative estimate of drug-likeness (QED) is 0.637. The molecule has 3 fully saturated rings. The molecule has 0 amide bonds. The van der Waals surface area contributed by atoms with Crippen molar-refractivity contribution in [2.75, 3.05) is 39.3 Å². The van der Waals surface area contributed by atoms with Gasteiger partial charge in [0.1, 0.15) is 6.04 Å². The maximum Gasteiger partial charge on any atom is 0.127 e. The van der Waals surface area contributed by atoms with Gasteiger partial charge in [0.15, 0.2) is 0 Å². The highest BCUT2D eigenvalue weighted by atomic mass is 16.3. The number of hydrogen-bond donors (Lipinski definition) is 1. The molecule has 0 bridgehead atoms. The molecule has 4 rings (SSSR count). The molecule has 0 spiro atoms. The number of nitrogens with zero attached hydrogens (tertiary/aromatic N) is 3. The van der Waals surface area contributed by atoms with E-state index in [1.807, 2.05) is 13.8 Å². The Labute approximate surface area is 190 Å². The average Bonchev–Trinajstić information content (AvgIpc) is 2.81. The zero-order valence-corrected chi connectivity index (χ0v) is 20.3. The van der Waals surface area contributed by atoms with Crippen LogP contribution in [0.4, 0.5) is 0 Å². The lowest BCUT2D eigenvalue weighted by Gasteiger charge is -2.46. The molecule has 1 aromatic carbocycles. The number of rotatable bonds is 6. The number of hydrogen-bond acceptors (Lipinski definition) is 5. The number of piperazine rings is 1. The number of fused-ring (bicyclic) bond motifs is 1. The van der Waals surface area contributed by atoms with E-state index in [0.29, 0.717) is 6.54 Å². The summed E-state index contributed by atoms with van der Waals surface area (Å²) >= 11 is 0.